The van der Waals surface area contributed by atoms with Gasteiger partial charge in [0, 0.05) is 6.54 Å². The van der Waals surface area contributed by atoms with Crippen molar-refractivity contribution in [1.82, 2.24) is 5.32 Å². The third-order valence-electron chi connectivity index (χ3n) is 1.15. The van der Waals surface area contributed by atoms with Gasteiger partial charge < -0.3 is 5.32 Å². The number of allylic oxidation sites excluding steroid dienone is 1. The van der Waals surface area contributed by atoms with Crippen LogP contribution >= 0.6 is 0 Å². The lowest BCUT2D eigenvalue weighted by molar-refractivity contribution is -0.116. The van der Waals surface area contributed by atoms with Gasteiger partial charge in [0.1, 0.15) is 0 Å². The van der Waals surface area contributed by atoms with Gasteiger partial charge in [-0.2, -0.15) is 0 Å². The molecule has 0 unspecified atom stereocenters. The average Bonchev–Trinajstić information content (AvgIpc) is 1.89. The van der Waals surface area contributed by atoms with Gasteiger partial charge >= 0.3 is 0 Å². The minimum absolute atomic E-state index is 0.0101. The van der Waals surface area contributed by atoms with Crippen LogP contribution in [0.15, 0.2) is 12.2 Å². The van der Waals surface area contributed by atoms with E-state index in [-0.39, 0.29) is 5.91 Å². The third kappa shape index (κ3) is 5.35. The van der Waals surface area contributed by atoms with Gasteiger partial charge in [0.15, 0.2) is 0 Å². The maximum absolute atomic E-state index is 10.7. The Hall–Kier alpha value is -0.790. The Bertz CT molecular complexity index is 118. The molecule has 2 nitrogen and oxygen atoms in total. The van der Waals surface area contributed by atoms with Crippen LogP contribution < -0.4 is 5.32 Å². The van der Waals surface area contributed by atoms with Crippen LogP contribution in [0.2, 0.25) is 0 Å². The standard InChI is InChI=1S/C8H15NO/c1-3-5-7-9-8(10)6-4-2/h4,6H,3,5,7H2,1-2H3,(H,9,10)/b6-4+. The number of nitrogens with one attached hydrogen (secondary N) is 1. The van der Waals surface area contributed by atoms with Crippen molar-refractivity contribution in [2.24, 2.45) is 0 Å². The first kappa shape index (κ1) is 9.21. The maximum Gasteiger partial charge on any atom is 0.243 e. The number of hydrogen-bond acceptors (Lipinski definition) is 1. The van der Waals surface area contributed by atoms with Crippen LogP contribution in [-0.4, -0.2) is 12.5 Å². The minimum atomic E-state index is 0.0101. The van der Waals surface area contributed by atoms with E-state index in [1.54, 1.807) is 6.08 Å². The summed E-state index contributed by atoms with van der Waals surface area (Å²) in [7, 11) is 0. The molecule has 58 valence electrons. The molecule has 0 radical (unpaired) electrons. The Kier molecular flexibility index (Phi) is 5.83. The summed E-state index contributed by atoms with van der Waals surface area (Å²) in [6, 6.07) is 0. The zero-order valence-electron chi connectivity index (χ0n) is 6.68. The van der Waals surface area contributed by atoms with E-state index in [1.807, 2.05) is 6.92 Å². The molecular formula is C8H15NO. The van der Waals surface area contributed by atoms with Crippen molar-refractivity contribution in [2.75, 3.05) is 6.54 Å². The molecule has 0 heterocycles. The van der Waals surface area contributed by atoms with E-state index in [0.29, 0.717) is 0 Å². The molecule has 0 saturated heterocycles. The number of amides is 1. The summed E-state index contributed by atoms with van der Waals surface area (Å²) in [6.07, 6.45) is 5.45. The van der Waals surface area contributed by atoms with Gasteiger partial charge in [-0.05, 0) is 19.4 Å². The fraction of sp³-hybridized carbons (Fsp3) is 0.625. The largest absolute Gasteiger partial charge is 0.353 e. The predicted octanol–water partition coefficient (Wildman–Crippen LogP) is 1.48. The van der Waals surface area contributed by atoms with Crippen LogP contribution in [0, 0.1) is 0 Å². The molecule has 0 fully saturated rings. The molecule has 1 amide bonds. The van der Waals surface area contributed by atoms with Crippen LogP contribution in [-0.2, 0) is 4.79 Å². The van der Waals surface area contributed by atoms with E-state index >= 15 is 0 Å². The molecule has 1 N–H and O–H groups in total. The monoisotopic (exact) mass is 141 g/mol. The van der Waals surface area contributed by atoms with Crippen molar-refractivity contribution < 1.29 is 4.79 Å². The Balaban J connectivity index is 3.22. The zero-order chi connectivity index (χ0) is 7.82. The highest BCUT2D eigenvalue weighted by Gasteiger charge is 1.90. The summed E-state index contributed by atoms with van der Waals surface area (Å²) >= 11 is 0. The second-order valence-electron chi connectivity index (χ2n) is 2.14. The van der Waals surface area contributed by atoms with Gasteiger partial charge in [0.25, 0.3) is 0 Å². The fourth-order valence-electron chi connectivity index (χ4n) is 0.599. The molecule has 0 rings (SSSR count). The highest BCUT2D eigenvalue weighted by atomic mass is 16.1. The minimum Gasteiger partial charge on any atom is -0.353 e. The lowest BCUT2D eigenvalue weighted by Crippen LogP contribution is -2.21. The van der Waals surface area contributed by atoms with E-state index in [4.69, 9.17) is 0 Å². The van der Waals surface area contributed by atoms with E-state index in [2.05, 4.69) is 12.2 Å². The molecule has 0 aliphatic carbocycles. The summed E-state index contributed by atoms with van der Waals surface area (Å²) in [4.78, 5) is 10.7. The Labute approximate surface area is 62.3 Å². The first-order valence-electron chi connectivity index (χ1n) is 3.71. The molecule has 0 aliphatic heterocycles. The lowest BCUT2D eigenvalue weighted by atomic mass is 10.3. The molecular weight excluding hydrogens is 126 g/mol. The number of hydrogen-bond donors (Lipinski definition) is 1. The molecule has 0 aliphatic rings. The topological polar surface area (TPSA) is 29.1 Å². The molecule has 2 heteroatoms. The predicted molar refractivity (Wildman–Crippen MR) is 42.7 cm³/mol. The van der Waals surface area contributed by atoms with Crippen molar-refractivity contribution in [1.29, 1.82) is 0 Å². The fourth-order valence-corrected chi connectivity index (χ4v) is 0.599. The summed E-state index contributed by atoms with van der Waals surface area (Å²) in [5.74, 6) is 0.0101. The van der Waals surface area contributed by atoms with Crippen molar-refractivity contribution in [2.45, 2.75) is 26.7 Å². The summed E-state index contributed by atoms with van der Waals surface area (Å²) in [5, 5.41) is 2.76. The highest BCUT2D eigenvalue weighted by molar-refractivity contribution is 5.87. The molecule has 0 atom stereocenters. The van der Waals surface area contributed by atoms with Crippen molar-refractivity contribution in [3.63, 3.8) is 0 Å². The van der Waals surface area contributed by atoms with Crippen LogP contribution in [0.5, 0.6) is 0 Å². The summed E-state index contributed by atoms with van der Waals surface area (Å²) in [5.41, 5.74) is 0. The van der Waals surface area contributed by atoms with Gasteiger partial charge in [-0.3, -0.25) is 4.79 Å². The smallest absolute Gasteiger partial charge is 0.243 e. The molecule has 10 heavy (non-hydrogen) atoms. The van der Waals surface area contributed by atoms with Gasteiger partial charge in [0.2, 0.25) is 5.91 Å². The molecule has 0 spiro atoms. The van der Waals surface area contributed by atoms with E-state index in [9.17, 15) is 4.79 Å². The molecule has 0 bridgehead atoms. The first-order valence-corrected chi connectivity index (χ1v) is 3.71. The number of unbranched alkanes of at least 4 members (excludes halogenated alkanes) is 1. The van der Waals surface area contributed by atoms with Crippen molar-refractivity contribution in [3.8, 4) is 0 Å². The SMILES string of the molecule is C/C=C/C(=O)NCCCC. The maximum atomic E-state index is 10.7. The van der Waals surface area contributed by atoms with Gasteiger partial charge in [-0.1, -0.05) is 19.4 Å². The summed E-state index contributed by atoms with van der Waals surface area (Å²) in [6.45, 7) is 4.72. The first-order chi connectivity index (χ1) is 4.81. The molecule has 0 aromatic carbocycles. The van der Waals surface area contributed by atoms with Gasteiger partial charge in [-0.15, -0.1) is 0 Å². The van der Waals surface area contributed by atoms with Gasteiger partial charge in [-0.25, -0.2) is 0 Å². The lowest BCUT2D eigenvalue weighted by Gasteiger charge is -1.97. The number of carbonyl (C=O) groups excluding carboxylic acids is 1. The van der Waals surface area contributed by atoms with Crippen molar-refractivity contribution >= 4 is 5.91 Å². The van der Waals surface area contributed by atoms with Crippen LogP contribution in [0.1, 0.15) is 26.7 Å². The third-order valence-corrected chi connectivity index (χ3v) is 1.15. The zero-order valence-corrected chi connectivity index (χ0v) is 6.68. The number of rotatable bonds is 4. The van der Waals surface area contributed by atoms with E-state index < -0.39 is 0 Å². The highest BCUT2D eigenvalue weighted by Crippen LogP contribution is 1.82. The second-order valence-corrected chi connectivity index (χ2v) is 2.14. The Morgan fingerprint density at radius 1 is 1.60 bits per heavy atom. The number of carbonyl (C=O) groups is 1. The van der Waals surface area contributed by atoms with Crippen LogP contribution in [0.3, 0.4) is 0 Å². The molecule has 0 aromatic rings. The van der Waals surface area contributed by atoms with E-state index in [0.717, 1.165) is 19.4 Å². The quantitative estimate of drug-likeness (QED) is 0.466. The Morgan fingerprint density at radius 2 is 2.30 bits per heavy atom. The molecule has 0 aromatic heterocycles. The summed E-state index contributed by atoms with van der Waals surface area (Å²) < 4.78 is 0. The van der Waals surface area contributed by atoms with Crippen LogP contribution in [0.25, 0.3) is 0 Å². The Morgan fingerprint density at radius 3 is 2.80 bits per heavy atom. The molecule has 0 saturated carbocycles. The normalized spacial score (nSPS) is 10.2. The average molecular weight is 141 g/mol. The van der Waals surface area contributed by atoms with Gasteiger partial charge in [0.05, 0.1) is 0 Å². The van der Waals surface area contributed by atoms with Crippen LogP contribution in [0.4, 0.5) is 0 Å². The second kappa shape index (κ2) is 6.33. The van der Waals surface area contributed by atoms with E-state index in [1.165, 1.54) is 6.08 Å². The van der Waals surface area contributed by atoms with Crippen molar-refractivity contribution in [3.05, 3.63) is 12.2 Å².